The number of hydrogen-bond donors (Lipinski definition) is 1. The van der Waals surface area contributed by atoms with Gasteiger partial charge >= 0.3 is 0 Å². The van der Waals surface area contributed by atoms with Crippen molar-refractivity contribution in [3.05, 3.63) is 108 Å². The van der Waals surface area contributed by atoms with E-state index in [4.69, 9.17) is 14.2 Å². The Kier molecular flexibility index (Phi) is 8.00. The molecule has 0 spiro atoms. The van der Waals surface area contributed by atoms with Gasteiger partial charge in [0.15, 0.2) is 17.3 Å². The summed E-state index contributed by atoms with van der Waals surface area (Å²) in [6, 6.07) is 27.5. The van der Waals surface area contributed by atoms with Gasteiger partial charge in [-0.3, -0.25) is 4.79 Å². The standard InChI is InChI=1S/C32H29NO4S/c1-3-35-29-17-12-23(19-30(29)36-4-2)21-37-25-14-9-22(10-15-25)11-16-28(34)24-13-18-32-27(20-24)33-26-7-5-6-8-31(26)38-32/h5-20,33H,3-4,21H2,1-2H3/b16-11+. The highest BCUT2D eigenvalue weighted by Gasteiger charge is 2.16. The van der Waals surface area contributed by atoms with E-state index in [0.29, 0.717) is 25.4 Å². The number of ketones is 1. The van der Waals surface area contributed by atoms with E-state index >= 15 is 0 Å². The molecule has 0 aromatic heterocycles. The Labute approximate surface area is 227 Å². The van der Waals surface area contributed by atoms with Crippen LogP contribution < -0.4 is 19.5 Å². The number of para-hydroxylation sites is 1. The zero-order valence-corrected chi connectivity index (χ0v) is 22.2. The van der Waals surface area contributed by atoms with Crippen LogP contribution in [0.1, 0.15) is 35.3 Å². The Morgan fingerprint density at radius 2 is 1.55 bits per heavy atom. The monoisotopic (exact) mass is 523 g/mol. The fourth-order valence-electron chi connectivity index (χ4n) is 4.09. The smallest absolute Gasteiger partial charge is 0.185 e. The van der Waals surface area contributed by atoms with Crippen LogP contribution in [0.25, 0.3) is 6.08 Å². The molecule has 0 atom stereocenters. The van der Waals surface area contributed by atoms with Crippen LogP contribution in [-0.2, 0) is 6.61 Å². The zero-order valence-electron chi connectivity index (χ0n) is 21.4. The molecule has 6 heteroatoms. The van der Waals surface area contributed by atoms with E-state index in [-0.39, 0.29) is 5.78 Å². The van der Waals surface area contributed by atoms with Crippen LogP contribution in [0.3, 0.4) is 0 Å². The number of allylic oxidation sites excluding steroid dienone is 1. The van der Waals surface area contributed by atoms with Gasteiger partial charge in [-0.25, -0.2) is 0 Å². The average molecular weight is 524 g/mol. The lowest BCUT2D eigenvalue weighted by Crippen LogP contribution is -2.02. The number of rotatable bonds is 10. The third kappa shape index (κ3) is 6.03. The summed E-state index contributed by atoms with van der Waals surface area (Å²) >= 11 is 1.71. The summed E-state index contributed by atoms with van der Waals surface area (Å²) in [5.41, 5.74) is 4.58. The molecule has 0 fully saturated rings. The summed E-state index contributed by atoms with van der Waals surface area (Å²) < 4.78 is 17.3. The van der Waals surface area contributed by atoms with Gasteiger partial charge in [0.05, 0.1) is 24.6 Å². The molecule has 5 nitrogen and oxygen atoms in total. The lowest BCUT2D eigenvalue weighted by molar-refractivity contribution is 0.104. The van der Waals surface area contributed by atoms with Crippen LogP contribution in [0.2, 0.25) is 0 Å². The lowest BCUT2D eigenvalue weighted by Gasteiger charge is -2.20. The Bertz CT molecular complexity index is 1460. The second-order valence-corrected chi connectivity index (χ2v) is 9.72. The third-order valence-corrected chi connectivity index (χ3v) is 7.11. The maximum atomic E-state index is 12.8. The van der Waals surface area contributed by atoms with E-state index < -0.39 is 0 Å². The van der Waals surface area contributed by atoms with E-state index in [1.54, 1.807) is 17.8 Å². The molecule has 0 aliphatic carbocycles. The van der Waals surface area contributed by atoms with Crippen molar-refractivity contribution in [1.29, 1.82) is 0 Å². The molecule has 0 saturated carbocycles. The van der Waals surface area contributed by atoms with Crippen molar-refractivity contribution < 1.29 is 19.0 Å². The van der Waals surface area contributed by atoms with E-state index in [1.165, 1.54) is 4.90 Å². The molecular formula is C32H29NO4S. The molecular weight excluding hydrogens is 494 g/mol. The maximum absolute atomic E-state index is 12.8. The topological polar surface area (TPSA) is 56.8 Å². The highest BCUT2D eigenvalue weighted by Crippen LogP contribution is 2.44. The molecule has 192 valence electrons. The first-order chi connectivity index (χ1) is 18.6. The number of anilines is 2. The highest BCUT2D eigenvalue weighted by molar-refractivity contribution is 7.99. The van der Waals surface area contributed by atoms with Crippen molar-refractivity contribution in [2.45, 2.75) is 30.2 Å². The average Bonchev–Trinajstić information content (AvgIpc) is 2.95. The van der Waals surface area contributed by atoms with Crippen LogP contribution in [0.4, 0.5) is 11.4 Å². The van der Waals surface area contributed by atoms with Crippen LogP contribution in [0.5, 0.6) is 17.2 Å². The number of carbonyl (C=O) groups excluding carboxylic acids is 1. The molecule has 1 aliphatic heterocycles. The van der Waals surface area contributed by atoms with Gasteiger partial charge in [0.2, 0.25) is 0 Å². The predicted octanol–water partition coefficient (Wildman–Crippen LogP) is 8.17. The molecule has 1 N–H and O–H groups in total. The minimum Gasteiger partial charge on any atom is -0.490 e. The molecule has 0 amide bonds. The summed E-state index contributed by atoms with van der Waals surface area (Å²) in [7, 11) is 0. The zero-order chi connectivity index (χ0) is 26.3. The van der Waals surface area contributed by atoms with E-state index in [0.717, 1.165) is 44.6 Å². The van der Waals surface area contributed by atoms with Gasteiger partial charge in [-0.2, -0.15) is 0 Å². The minimum absolute atomic E-state index is 0.0422. The first kappa shape index (κ1) is 25.5. The number of carbonyl (C=O) groups is 1. The summed E-state index contributed by atoms with van der Waals surface area (Å²) in [4.78, 5) is 15.1. The molecule has 1 heterocycles. The van der Waals surface area contributed by atoms with Crippen molar-refractivity contribution in [3.8, 4) is 17.2 Å². The van der Waals surface area contributed by atoms with Crippen LogP contribution in [0.15, 0.2) is 101 Å². The summed E-state index contributed by atoms with van der Waals surface area (Å²) in [5, 5.41) is 3.43. The first-order valence-corrected chi connectivity index (χ1v) is 13.5. The van der Waals surface area contributed by atoms with Gasteiger partial charge in [0.25, 0.3) is 0 Å². The number of hydrogen-bond acceptors (Lipinski definition) is 6. The molecule has 4 aromatic rings. The van der Waals surface area contributed by atoms with Crippen molar-refractivity contribution in [1.82, 2.24) is 0 Å². The Morgan fingerprint density at radius 1 is 0.789 bits per heavy atom. The maximum Gasteiger partial charge on any atom is 0.185 e. The number of ether oxygens (including phenoxy) is 3. The number of fused-ring (bicyclic) bond motifs is 2. The molecule has 5 rings (SSSR count). The van der Waals surface area contributed by atoms with Crippen molar-refractivity contribution in [2.24, 2.45) is 0 Å². The fraction of sp³-hybridized carbons (Fsp3) is 0.156. The van der Waals surface area contributed by atoms with Gasteiger partial charge in [0.1, 0.15) is 12.4 Å². The van der Waals surface area contributed by atoms with E-state index in [1.807, 2.05) is 98.8 Å². The lowest BCUT2D eigenvalue weighted by atomic mass is 10.1. The minimum atomic E-state index is -0.0422. The van der Waals surface area contributed by atoms with Gasteiger partial charge in [0, 0.05) is 15.4 Å². The van der Waals surface area contributed by atoms with Gasteiger partial charge in [-0.15, -0.1) is 0 Å². The quantitative estimate of drug-likeness (QED) is 0.147. The van der Waals surface area contributed by atoms with Crippen molar-refractivity contribution in [2.75, 3.05) is 18.5 Å². The van der Waals surface area contributed by atoms with Crippen LogP contribution >= 0.6 is 11.8 Å². The Morgan fingerprint density at radius 3 is 2.37 bits per heavy atom. The SMILES string of the molecule is CCOc1ccc(COc2ccc(/C=C/C(=O)c3ccc4c(c3)Nc3ccccc3S4)cc2)cc1OCC. The normalized spacial score (nSPS) is 11.8. The third-order valence-electron chi connectivity index (χ3n) is 5.96. The largest absolute Gasteiger partial charge is 0.490 e. The molecule has 0 radical (unpaired) electrons. The summed E-state index contributed by atoms with van der Waals surface area (Å²) in [6.07, 6.45) is 3.43. The molecule has 4 aromatic carbocycles. The molecule has 0 bridgehead atoms. The van der Waals surface area contributed by atoms with Gasteiger partial charge in [-0.05, 0) is 85.6 Å². The van der Waals surface area contributed by atoms with Crippen molar-refractivity contribution in [3.63, 3.8) is 0 Å². The van der Waals surface area contributed by atoms with Crippen molar-refractivity contribution >= 4 is 35.0 Å². The molecule has 38 heavy (non-hydrogen) atoms. The van der Waals surface area contributed by atoms with Gasteiger partial charge < -0.3 is 19.5 Å². The Hall–Kier alpha value is -4.16. The predicted molar refractivity (Wildman–Crippen MR) is 153 cm³/mol. The van der Waals surface area contributed by atoms with Crippen LogP contribution in [-0.4, -0.2) is 19.0 Å². The van der Waals surface area contributed by atoms with E-state index in [9.17, 15) is 4.79 Å². The first-order valence-electron chi connectivity index (χ1n) is 12.6. The number of nitrogens with one attached hydrogen (secondary N) is 1. The second kappa shape index (κ2) is 11.9. The highest BCUT2D eigenvalue weighted by atomic mass is 32.2. The summed E-state index contributed by atoms with van der Waals surface area (Å²) in [5.74, 6) is 2.16. The Balaban J connectivity index is 1.19. The molecule has 0 unspecified atom stereocenters. The summed E-state index contributed by atoms with van der Waals surface area (Å²) in [6.45, 7) is 5.46. The second-order valence-electron chi connectivity index (χ2n) is 8.64. The number of benzene rings is 4. The molecule has 0 saturated heterocycles. The van der Waals surface area contributed by atoms with Crippen LogP contribution in [0, 0.1) is 0 Å². The van der Waals surface area contributed by atoms with E-state index in [2.05, 4.69) is 11.4 Å². The fourth-order valence-corrected chi connectivity index (χ4v) is 5.06. The molecule has 1 aliphatic rings. The van der Waals surface area contributed by atoms with Gasteiger partial charge in [-0.1, -0.05) is 48.2 Å².